The van der Waals surface area contributed by atoms with Gasteiger partial charge >= 0.3 is 0 Å². The third kappa shape index (κ3) is 3.06. The minimum Gasteiger partial charge on any atom is -0.343 e. The van der Waals surface area contributed by atoms with Crippen LogP contribution in [0.15, 0.2) is 21.8 Å². The molecule has 1 aromatic rings. The molecule has 0 bridgehead atoms. The van der Waals surface area contributed by atoms with Crippen LogP contribution in [0.5, 0.6) is 0 Å². The van der Waals surface area contributed by atoms with E-state index in [4.69, 9.17) is 27.4 Å². The lowest BCUT2D eigenvalue weighted by Gasteiger charge is -2.13. The summed E-state index contributed by atoms with van der Waals surface area (Å²) in [5.74, 6) is 0. The summed E-state index contributed by atoms with van der Waals surface area (Å²) in [6.45, 7) is 3.80. The molecule has 0 aliphatic heterocycles. The number of rotatable bonds is 2. The van der Waals surface area contributed by atoms with Crippen molar-refractivity contribution in [1.82, 2.24) is 0 Å². The van der Waals surface area contributed by atoms with E-state index in [1.807, 2.05) is 13.8 Å². The molecule has 0 aliphatic carbocycles. The lowest BCUT2D eigenvalue weighted by molar-refractivity contribution is 1.29. The Balaban J connectivity index is 3.41. The van der Waals surface area contributed by atoms with E-state index in [2.05, 4.69) is 21.2 Å². The summed E-state index contributed by atoms with van der Waals surface area (Å²) in [7, 11) is 0. The monoisotopic (exact) mass is 334 g/mol. The van der Waals surface area contributed by atoms with E-state index in [0.29, 0.717) is 15.2 Å². The summed E-state index contributed by atoms with van der Waals surface area (Å²) in [5, 5.41) is 29.7. The van der Waals surface area contributed by atoms with E-state index >= 15 is 0 Å². The summed E-state index contributed by atoms with van der Waals surface area (Å²) < 4.78 is 0.695. The van der Waals surface area contributed by atoms with Gasteiger partial charge in [-0.3, -0.25) is 0 Å². The van der Waals surface area contributed by atoms with Gasteiger partial charge in [0.2, 0.25) is 0 Å². The van der Waals surface area contributed by atoms with Crippen molar-refractivity contribution in [2.45, 2.75) is 13.8 Å². The van der Waals surface area contributed by atoms with E-state index in [1.165, 1.54) is 0 Å². The van der Waals surface area contributed by atoms with Crippen molar-refractivity contribution in [3.63, 3.8) is 0 Å². The average molecular weight is 336 g/mol. The summed E-state index contributed by atoms with van der Waals surface area (Å²) in [6.07, 6.45) is 0. The first-order valence-electron chi connectivity index (χ1n) is 5.13. The van der Waals surface area contributed by atoms with Crippen LogP contribution in [-0.4, -0.2) is 0 Å². The normalized spacial score (nSPS) is 8.89. The summed E-state index contributed by atoms with van der Waals surface area (Å²) in [6, 6.07) is 6.86. The van der Waals surface area contributed by atoms with Crippen LogP contribution in [-0.2, 0) is 0 Å². The standard InChI is InChI=1S/C13H8BrClN4/c1-7-3-10(15)13(12(14)8(7)2)19-11(6-18)9(4-16)5-17/h3,19H,1-2H3. The zero-order valence-corrected chi connectivity index (χ0v) is 12.5. The Hall–Kier alpha value is -2.00. The van der Waals surface area contributed by atoms with Crippen molar-refractivity contribution in [2.75, 3.05) is 5.32 Å². The summed E-state index contributed by atoms with van der Waals surface area (Å²) in [5.41, 5.74) is 1.99. The second-order valence-electron chi connectivity index (χ2n) is 3.70. The molecule has 0 heterocycles. The largest absolute Gasteiger partial charge is 0.343 e. The highest BCUT2D eigenvalue weighted by molar-refractivity contribution is 9.10. The maximum absolute atomic E-state index is 8.99. The molecule has 1 N–H and O–H groups in total. The Labute approximate surface area is 124 Å². The van der Waals surface area contributed by atoms with Crippen LogP contribution in [0, 0.1) is 47.8 Å². The van der Waals surface area contributed by atoms with Crippen LogP contribution in [0.25, 0.3) is 0 Å². The SMILES string of the molecule is Cc1cc(Cl)c(NC(C#N)=C(C#N)C#N)c(Br)c1C. The molecule has 0 amide bonds. The van der Waals surface area contributed by atoms with Crippen molar-refractivity contribution in [3.8, 4) is 18.2 Å². The van der Waals surface area contributed by atoms with Crippen molar-refractivity contribution >= 4 is 33.2 Å². The number of halogens is 2. The molecule has 0 unspecified atom stereocenters. The third-order valence-electron chi connectivity index (χ3n) is 2.56. The number of nitrogens with zero attached hydrogens (tertiary/aromatic N) is 3. The Bertz CT molecular complexity index is 671. The first kappa shape index (κ1) is 15.1. The minimum atomic E-state index is -0.288. The molecule has 0 aromatic heterocycles. The van der Waals surface area contributed by atoms with Gasteiger partial charge in [0.05, 0.1) is 10.7 Å². The molecular formula is C13H8BrClN4. The highest BCUT2D eigenvalue weighted by Gasteiger charge is 2.14. The highest BCUT2D eigenvalue weighted by Crippen LogP contribution is 2.36. The number of allylic oxidation sites excluding steroid dienone is 2. The molecule has 6 heteroatoms. The van der Waals surface area contributed by atoms with Crippen LogP contribution in [0.3, 0.4) is 0 Å². The summed E-state index contributed by atoms with van der Waals surface area (Å²) >= 11 is 9.50. The molecule has 94 valence electrons. The van der Waals surface area contributed by atoms with Gasteiger partial charge in [-0.05, 0) is 47.0 Å². The molecular weight excluding hydrogens is 328 g/mol. The summed E-state index contributed by atoms with van der Waals surface area (Å²) in [4.78, 5) is 0. The Morgan fingerprint density at radius 1 is 1.21 bits per heavy atom. The molecule has 0 atom stereocenters. The fourth-order valence-electron chi connectivity index (χ4n) is 1.36. The van der Waals surface area contributed by atoms with Gasteiger partial charge in [-0.1, -0.05) is 11.6 Å². The second kappa shape index (κ2) is 6.25. The Kier molecular flexibility index (Phi) is 4.95. The predicted octanol–water partition coefficient (Wildman–Crippen LogP) is 3.96. The van der Waals surface area contributed by atoms with E-state index < -0.39 is 0 Å². The van der Waals surface area contributed by atoms with Gasteiger partial charge in [-0.2, -0.15) is 15.8 Å². The number of nitriles is 3. The average Bonchev–Trinajstić information content (AvgIpc) is 2.40. The van der Waals surface area contributed by atoms with Gasteiger partial charge in [-0.15, -0.1) is 0 Å². The third-order valence-corrected chi connectivity index (χ3v) is 3.85. The van der Waals surface area contributed by atoms with Crippen LogP contribution < -0.4 is 5.32 Å². The quantitative estimate of drug-likeness (QED) is 0.829. The molecule has 4 nitrogen and oxygen atoms in total. The lowest BCUT2D eigenvalue weighted by Crippen LogP contribution is -2.03. The highest BCUT2D eigenvalue weighted by atomic mass is 79.9. The molecule has 1 rings (SSSR count). The van der Waals surface area contributed by atoms with Gasteiger partial charge in [0.1, 0.15) is 23.9 Å². The van der Waals surface area contributed by atoms with Gasteiger partial charge in [0, 0.05) is 4.47 Å². The topological polar surface area (TPSA) is 83.4 Å². The maximum atomic E-state index is 8.99. The fraction of sp³-hybridized carbons (Fsp3) is 0.154. The predicted molar refractivity (Wildman–Crippen MR) is 76.1 cm³/mol. The Morgan fingerprint density at radius 2 is 1.79 bits per heavy atom. The van der Waals surface area contributed by atoms with E-state index in [-0.39, 0.29) is 11.3 Å². The number of hydrogen-bond acceptors (Lipinski definition) is 4. The van der Waals surface area contributed by atoms with Gasteiger partial charge < -0.3 is 5.32 Å². The molecule has 0 spiro atoms. The second-order valence-corrected chi connectivity index (χ2v) is 4.90. The first-order chi connectivity index (χ1) is 8.96. The fourth-order valence-corrected chi connectivity index (χ4v) is 2.40. The van der Waals surface area contributed by atoms with Gasteiger partial charge in [0.15, 0.2) is 5.57 Å². The minimum absolute atomic E-state index is 0.129. The van der Waals surface area contributed by atoms with Crippen LogP contribution in [0.1, 0.15) is 11.1 Å². The lowest BCUT2D eigenvalue weighted by atomic mass is 10.1. The van der Waals surface area contributed by atoms with Crippen LogP contribution in [0.4, 0.5) is 5.69 Å². The number of anilines is 1. The smallest absolute Gasteiger partial charge is 0.163 e. The molecule has 0 radical (unpaired) electrons. The van der Waals surface area contributed by atoms with E-state index in [0.717, 1.165) is 11.1 Å². The zero-order valence-electron chi connectivity index (χ0n) is 10.2. The molecule has 0 saturated heterocycles. The number of benzene rings is 1. The van der Waals surface area contributed by atoms with Gasteiger partial charge in [-0.25, -0.2) is 0 Å². The molecule has 0 fully saturated rings. The maximum Gasteiger partial charge on any atom is 0.163 e. The number of nitrogens with one attached hydrogen (secondary N) is 1. The first-order valence-corrected chi connectivity index (χ1v) is 6.30. The van der Waals surface area contributed by atoms with Crippen molar-refractivity contribution in [3.05, 3.63) is 38.0 Å². The number of hydrogen-bond donors (Lipinski definition) is 1. The number of aryl methyl sites for hydroxylation is 1. The van der Waals surface area contributed by atoms with Crippen molar-refractivity contribution < 1.29 is 0 Å². The molecule has 0 saturated carbocycles. The van der Waals surface area contributed by atoms with Crippen molar-refractivity contribution in [2.24, 2.45) is 0 Å². The van der Waals surface area contributed by atoms with Crippen LogP contribution in [0.2, 0.25) is 5.02 Å². The Morgan fingerprint density at radius 3 is 2.26 bits per heavy atom. The van der Waals surface area contributed by atoms with Crippen molar-refractivity contribution in [1.29, 1.82) is 15.8 Å². The van der Waals surface area contributed by atoms with E-state index in [1.54, 1.807) is 24.3 Å². The molecule has 19 heavy (non-hydrogen) atoms. The van der Waals surface area contributed by atoms with E-state index in [9.17, 15) is 0 Å². The van der Waals surface area contributed by atoms with Gasteiger partial charge in [0.25, 0.3) is 0 Å². The zero-order chi connectivity index (χ0) is 14.6. The molecule has 0 aliphatic rings. The molecule has 1 aromatic carbocycles. The van der Waals surface area contributed by atoms with Crippen LogP contribution >= 0.6 is 27.5 Å².